The van der Waals surface area contributed by atoms with E-state index >= 15 is 0 Å². The Hall–Kier alpha value is -2.79. The molecule has 5 nitrogen and oxygen atoms in total. The molecule has 27 heavy (non-hydrogen) atoms. The highest BCUT2D eigenvalue weighted by molar-refractivity contribution is 6.32. The summed E-state index contributed by atoms with van der Waals surface area (Å²) >= 11 is 6.34. The monoisotopic (exact) mass is 384 g/mol. The van der Waals surface area contributed by atoms with Crippen molar-refractivity contribution in [3.8, 4) is 11.5 Å². The van der Waals surface area contributed by atoms with Gasteiger partial charge in [0.15, 0.2) is 12.4 Å². The van der Waals surface area contributed by atoms with Crippen molar-refractivity contribution in [3.05, 3.63) is 68.5 Å². The van der Waals surface area contributed by atoms with Crippen LogP contribution in [0.3, 0.4) is 0 Å². The number of rotatable bonds is 5. The second-order valence-corrected chi connectivity index (χ2v) is 6.83. The molecule has 0 atom stereocenters. The summed E-state index contributed by atoms with van der Waals surface area (Å²) < 4.78 is 16.1. The maximum atomic E-state index is 12.3. The summed E-state index contributed by atoms with van der Waals surface area (Å²) in [5.74, 6) is 0.795. The minimum Gasteiger partial charge on any atom is -0.497 e. The zero-order valence-corrected chi connectivity index (χ0v) is 15.5. The number of halogens is 1. The fourth-order valence-corrected chi connectivity index (χ4v) is 3.62. The maximum absolute atomic E-state index is 12.3. The molecular formula is C21H17ClO5. The van der Waals surface area contributed by atoms with Gasteiger partial charge in [-0.1, -0.05) is 11.6 Å². The van der Waals surface area contributed by atoms with Gasteiger partial charge in [-0.3, -0.25) is 4.79 Å². The Morgan fingerprint density at radius 1 is 1.15 bits per heavy atom. The summed E-state index contributed by atoms with van der Waals surface area (Å²) in [6.07, 6.45) is 2.51. The largest absolute Gasteiger partial charge is 0.497 e. The second kappa shape index (κ2) is 7.08. The fraction of sp³-hybridized carbons (Fsp3) is 0.238. The van der Waals surface area contributed by atoms with Gasteiger partial charge in [0, 0.05) is 22.6 Å². The van der Waals surface area contributed by atoms with E-state index in [4.69, 9.17) is 25.5 Å². The SMILES string of the molecule is COc1ccc(C(=O)COc2cc3oc(=O)c4c(c3cc2Cl)CCC4)cc1. The van der Waals surface area contributed by atoms with Crippen molar-refractivity contribution in [1.82, 2.24) is 0 Å². The Balaban J connectivity index is 1.58. The van der Waals surface area contributed by atoms with E-state index in [0.29, 0.717) is 27.7 Å². The first-order valence-corrected chi connectivity index (χ1v) is 9.03. The number of ketones is 1. The number of aryl methyl sites for hydroxylation is 1. The molecule has 0 fully saturated rings. The topological polar surface area (TPSA) is 65.7 Å². The smallest absolute Gasteiger partial charge is 0.339 e. The van der Waals surface area contributed by atoms with E-state index in [0.717, 1.165) is 35.8 Å². The van der Waals surface area contributed by atoms with E-state index < -0.39 is 0 Å². The number of methoxy groups -OCH3 is 1. The molecule has 6 heteroatoms. The average molecular weight is 385 g/mol. The molecule has 0 radical (unpaired) electrons. The third-order valence-corrected chi connectivity index (χ3v) is 5.09. The van der Waals surface area contributed by atoms with Crippen LogP contribution in [0.1, 0.15) is 27.9 Å². The molecule has 2 aromatic carbocycles. The van der Waals surface area contributed by atoms with Crippen LogP contribution in [0.4, 0.5) is 0 Å². The summed E-state index contributed by atoms with van der Waals surface area (Å²) in [7, 11) is 1.56. The van der Waals surface area contributed by atoms with Gasteiger partial charge in [0.1, 0.15) is 17.1 Å². The lowest BCUT2D eigenvalue weighted by molar-refractivity contribution is 0.0921. The Bertz CT molecular complexity index is 1080. The first kappa shape index (κ1) is 17.6. The van der Waals surface area contributed by atoms with Crippen LogP contribution in [0.15, 0.2) is 45.6 Å². The van der Waals surface area contributed by atoms with E-state index in [1.54, 1.807) is 43.5 Å². The van der Waals surface area contributed by atoms with Crippen molar-refractivity contribution >= 4 is 28.4 Å². The van der Waals surface area contributed by atoms with Crippen LogP contribution in [0.5, 0.6) is 11.5 Å². The third-order valence-electron chi connectivity index (χ3n) is 4.80. The average Bonchev–Trinajstić information content (AvgIpc) is 3.18. The standard InChI is InChI=1S/C21H17ClO5/c1-25-13-7-5-12(6-8-13)18(23)11-26-20-10-19-16(9-17(20)22)14-3-2-4-15(14)21(24)27-19/h5-10H,2-4,11H2,1H3. The van der Waals surface area contributed by atoms with Crippen LogP contribution >= 0.6 is 11.6 Å². The number of fused-ring (bicyclic) bond motifs is 3. The summed E-state index contributed by atoms with van der Waals surface area (Å²) in [6, 6.07) is 10.1. The second-order valence-electron chi connectivity index (χ2n) is 6.42. The van der Waals surface area contributed by atoms with Gasteiger partial charge in [-0.15, -0.1) is 0 Å². The normalized spacial score (nSPS) is 12.8. The Labute approximate surface area is 160 Å². The lowest BCUT2D eigenvalue weighted by Crippen LogP contribution is -2.12. The number of carbonyl (C=O) groups excluding carboxylic acids is 1. The molecule has 1 aromatic heterocycles. The minimum atomic E-state index is -0.308. The molecule has 0 spiro atoms. The molecule has 0 amide bonds. The molecule has 1 aliphatic rings. The number of hydrogen-bond acceptors (Lipinski definition) is 5. The lowest BCUT2D eigenvalue weighted by atomic mass is 10.1. The molecule has 1 heterocycles. The first-order valence-electron chi connectivity index (χ1n) is 8.65. The number of benzene rings is 2. The number of Topliss-reactive ketones (excluding diaryl/α,β-unsaturated/α-hetero) is 1. The van der Waals surface area contributed by atoms with E-state index in [1.807, 2.05) is 0 Å². The van der Waals surface area contributed by atoms with Crippen LogP contribution in [0, 0.1) is 0 Å². The molecule has 0 N–H and O–H groups in total. The summed E-state index contributed by atoms with van der Waals surface area (Å²) in [5.41, 5.74) is 2.37. The molecule has 4 rings (SSSR count). The van der Waals surface area contributed by atoms with Gasteiger partial charge >= 0.3 is 5.63 Å². The zero-order chi connectivity index (χ0) is 19.0. The van der Waals surface area contributed by atoms with Crippen molar-refractivity contribution in [2.45, 2.75) is 19.3 Å². The summed E-state index contributed by atoms with van der Waals surface area (Å²) in [4.78, 5) is 24.4. The van der Waals surface area contributed by atoms with Crippen LogP contribution in [-0.2, 0) is 12.8 Å². The maximum Gasteiger partial charge on any atom is 0.339 e. The quantitative estimate of drug-likeness (QED) is 0.487. The van der Waals surface area contributed by atoms with Crippen molar-refractivity contribution in [1.29, 1.82) is 0 Å². The van der Waals surface area contributed by atoms with E-state index in [9.17, 15) is 9.59 Å². The van der Waals surface area contributed by atoms with Crippen molar-refractivity contribution in [2.75, 3.05) is 13.7 Å². The third kappa shape index (κ3) is 3.30. The molecule has 0 unspecified atom stereocenters. The van der Waals surface area contributed by atoms with Crippen LogP contribution in [0.2, 0.25) is 5.02 Å². The van der Waals surface area contributed by atoms with Gasteiger partial charge in [-0.2, -0.15) is 0 Å². The van der Waals surface area contributed by atoms with Crippen molar-refractivity contribution < 1.29 is 18.7 Å². The number of hydrogen-bond donors (Lipinski definition) is 0. The Kier molecular flexibility index (Phi) is 4.62. The highest BCUT2D eigenvalue weighted by Gasteiger charge is 2.21. The molecular weight excluding hydrogens is 368 g/mol. The molecule has 0 saturated heterocycles. The highest BCUT2D eigenvalue weighted by Crippen LogP contribution is 2.34. The Morgan fingerprint density at radius 2 is 1.89 bits per heavy atom. The summed E-state index contributed by atoms with van der Waals surface area (Å²) in [5, 5.41) is 1.22. The van der Waals surface area contributed by atoms with Crippen molar-refractivity contribution in [2.24, 2.45) is 0 Å². The highest BCUT2D eigenvalue weighted by atomic mass is 35.5. The minimum absolute atomic E-state index is 0.174. The van der Waals surface area contributed by atoms with Gasteiger partial charge in [0.25, 0.3) is 0 Å². The van der Waals surface area contributed by atoms with E-state index in [-0.39, 0.29) is 18.0 Å². The summed E-state index contributed by atoms with van der Waals surface area (Å²) in [6.45, 7) is -0.174. The van der Waals surface area contributed by atoms with Gasteiger partial charge in [-0.05, 0) is 55.2 Å². The molecule has 0 bridgehead atoms. The van der Waals surface area contributed by atoms with Gasteiger partial charge in [-0.25, -0.2) is 4.79 Å². The molecule has 3 aromatic rings. The molecule has 0 saturated carbocycles. The number of ether oxygens (including phenoxy) is 2. The first-order chi connectivity index (χ1) is 13.1. The van der Waals surface area contributed by atoms with Crippen LogP contribution in [-0.4, -0.2) is 19.5 Å². The molecule has 0 aliphatic heterocycles. The predicted molar refractivity (Wildman–Crippen MR) is 102 cm³/mol. The lowest BCUT2D eigenvalue weighted by Gasteiger charge is -2.10. The van der Waals surface area contributed by atoms with Crippen LogP contribution < -0.4 is 15.1 Å². The van der Waals surface area contributed by atoms with Gasteiger partial charge in [0.2, 0.25) is 0 Å². The Morgan fingerprint density at radius 3 is 2.63 bits per heavy atom. The predicted octanol–water partition coefficient (Wildman–Crippen LogP) is 4.21. The zero-order valence-electron chi connectivity index (χ0n) is 14.7. The van der Waals surface area contributed by atoms with Crippen LogP contribution in [0.25, 0.3) is 11.0 Å². The van der Waals surface area contributed by atoms with E-state index in [1.165, 1.54) is 0 Å². The molecule has 138 valence electrons. The van der Waals surface area contributed by atoms with Gasteiger partial charge in [0.05, 0.1) is 12.1 Å². The number of carbonyl (C=O) groups is 1. The van der Waals surface area contributed by atoms with Crippen molar-refractivity contribution in [3.63, 3.8) is 0 Å². The van der Waals surface area contributed by atoms with E-state index in [2.05, 4.69) is 0 Å². The van der Waals surface area contributed by atoms with Gasteiger partial charge < -0.3 is 13.9 Å². The fourth-order valence-electron chi connectivity index (χ4n) is 3.40. The molecule has 1 aliphatic carbocycles.